The number of nitro groups is 1. The summed E-state index contributed by atoms with van der Waals surface area (Å²) in [6, 6.07) is 4.41. The van der Waals surface area contributed by atoms with Crippen molar-refractivity contribution in [3.63, 3.8) is 0 Å². The Morgan fingerprint density at radius 2 is 2.25 bits per heavy atom. The van der Waals surface area contributed by atoms with E-state index >= 15 is 0 Å². The van der Waals surface area contributed by atoms with E-state index in [1.54, 1.807) is 6.07 Å². The van der Waals surface area contributed by atoms with Crippen molar-refractivity contribution in [1.82, 2.24) is 0 Å². The van der Waals surface area contributed by atoms with E-state index in [1.807, 2.05) is 0 Å². The van der Waals surface area contributed by atoms with Crippen LogP contribution in [0.4, 0.5) is 5.69 Å². The zero-order chi connectivity index (χ0) is 12.0. The van der Waals surface area contributed by atoms with Gasteiger partial charge >= 0.3 is 0 Å². The van der Waals surface area contributed by atoms with Gasteiger partial charge in [-0.1, -0.05) is 11.8 Å². The molecule has 0 spiro atoms. The average Bonchev–Trinajstić information content (AvgIpc) is 2.29. The molecule has 0 bridgehead atoms. The lowest BCUT2D eigenvalue weighted by Crippen LogP contribution is -1.95. The third-order valence-corrected chi connectivity index (χ3v) is 1.84. The number of methoxy groups -OCH3 is 1. The Hall–Kier alpha value is -2.06. The van der Waals surface area contributed by atoms with E-state index in [2.05, 4.69) is 11.8 Å². The number of nitrogens with zero attached hydrogens (tertiary/aromatic N) is 1. The predicted molar refractivity (Wildman–Crippen MR) is 60.2 cm³/mol. The van der Waals surface area contributed by atoms with Crippen molar-refractivity contribution in [3.8, 4) is 17.6 Å². The number of ether oxygens (including phenoxy) is 1. The van der Waals surface area contributed by atoms with Gasteiger partial charge in [0.25, 0.3) is 5.69 Å². The average molecular weight is 220 g/mol. The lowest BCUT2D eigenvalue weighted by atomic mass is 10.2. The number of hydrogen-bond acceptors (Lipinski definition) is 4. The third-order valence-electron chi connectivity index (χ3n) is 1.84. The van der Waals surface area contributed by atoms with E-state index in [0.29, 0.717) is 24.3 Å². The van der Waals surface area contributed by atoms with Crippen LogP contribution >= 0.6 is 0 Å². The van der Waals surface area contributed by atoms with Crippen molar-refractivity contribution >= 4 is 5.69 Å². The first-order chi connectivity index (χ1) is 7.67. The van der Waals surface area contributed by atoms with Crippen LogP contribution in [0.15, 0.2) is 18.2 Å². The smallest absolute Gasteiger partial charge is 0.274 e. The molecule has 0 aromatic heterocycles. The van der Waals surface area contributed by atoms with Gasteiger partial charge in [-0.3, -0.25) is 10.1 Å². The van der Waals surface area contributed by atoms with Gasteiger partial charge < -0.3 is 10.5 Å². The largest absolute Gasteiger partial charge is 0.496 e. The minimum absolute atomic E-state index is 0.0311. The molecule has 0 aliphatic carbocycles. The first-order valence-electron chi connectivity index (χ1n) is 4.69. The van der Waals surface area contributed by atoms with Gasteiger partial charge in [0.15, 0.2) is 0 Å². The zero-order valence-electron chi connectivity index (χ0n) is 8.90. The number of benzene rings is 1. The van der Waals surface area contributed by atoms with Crippen molar-refractivity contribution in [2.24, 2.45) is 5.73 Å². The molecular weight excluding hydrogens is 208 g/mol. The Balaban J connectivity index is 3.06. The maximum Gasteiger partial charge on any atom is 0.274 e. The van der Waals surface area contributed by atoms with Crippen LogP contribution in [0, 0.1) is 22.0 Å². The summed E-state index contributed by atoms with van der Waals surface area (Å²) in [6.07, 6.45) is 0.561. The SMILES string of the molecule is COc1cc(C#CCCN)cc([N+](=O)[O-])c1. The van der Waals surface area contributed by atoms with E-state index < -0.39 is 4.92 Å². The van der Waals surface area contributed by atoms with Crippen LogP contribution in [0.2, 0.25) is 0 Å². The number of rotatable bonds is 3. The summed E-state index contributed by atoms with van der Waals surface area (Å²) >= 11 is 0. The number of nitrogens with two attached hydrogens (primary N) is 1. The van der Waals surface area contributed by atoms with Crippen molar-refractivity contribution in [2.45, 2.75) is 6.42 Å². The van der Waals surface area contributed by atoms with E-state index in [-0.39, 0.29) is 5.69 Å². The van der Waals surface area contributed by atoms with E-state index in [0.717, 1.165) is 0 Å². The quantitative estimate of drug-likeness (QED) is 0.473. The molecule has 0 amide bonds. The molecule has 16 heavy (non-hydrogen) atoms. The molecule has 0 unspecified atom stereocenters. The monoisotopic (exact) mass is 220 g/mol. The molecule has 0 saturated heterocycles. The maximum atomic E-state index is 10.6. The second-order valence-corrected chi connectivity index (χ2v) is 3.02. The summed E-state index contributed by atoms with van der Waals surface area (Å²) in [7, 11) is 1.45. The summed E-state index contributed by atoms with van der Waals surface area (Å²) in [5.41, 5.74) is 5.82. The minimum atomic E-state index is -0.476. The van der Waals surface area contributed by atoms with Crippen LogP contribution in [0.3, 0.4) is 0 Å². The first kappa shape index (κ1) is 12.0. The third kappa shape index (κ3) is 3.26. The van der Waals surface area contributed by atoms with Crippen LogP contribution in [0.1, 0.15) is 12.0 Å². The van der Waals surface area contributed by atoms with E-state index in [9.17, 15) is 10.1 Å². The molecule has 1 rings (SSSR count). The fourth-order valence-electron chi connectivity index (χ4n) is 1.12. The minimum Gasteiger partial charge on any atom is -0.496 e. The molecule has 2 N–H and O–H groups in total. The molecule has 1 aromatic rings. The van der Waals surface area contributed by atoms with E-state index in [4.69, 9.17) is 10.5 Å². The lowest BCUT2D eigenvalue weighted by molar-refractivity contribution is -0.384. The van der Waals surface area contributed by atoms with Crippen molar-refractivity contribution in [2.75, 3.05) is 13.7 Å². The van der Waals surface area contributed by atoms with Gasteiger partial charge in [-0.25, -0.2) is 0 Å². The second-order valence-electron chi connectivity index (χ2n) is 3.02. The molecule has 1 aromatic carbocycles. The molecule has 0 radical (unpaired) electrons. The standard InChI is InChI=1S/C11H12N2O3/c1-16-11-7-9(4-2-3-5-12)6-10(8-11)13(14)15/h6-8H,3,5,12H2,1H3. The topological polar surface area (TPSA) is 78.4 Å². The van der Waals surface area contributed by atoms with Gasteiger partial charge in [0.2, 0.25) is 0 Å². The highest BCUT2D eigenvalue weighted by Crippen LogP contribution is 2.21. The molecule has 0 saturated carbocycles. The fraction of sp³-hybridized carbons (Fsp3) is 0.273. The highest BCUT2D eigenvalue weighted by Gasteiger charge is 2.08. The first-order valence-corrected chi connectivity index (χ1v) is 4.69. The Morgan fingerprint density at radius 1 is 1.50 bits per heavy atom. The van der Waals surface area contributed by atoms with Crippen molar-refractivity contribution in [1.29, 1.82) is 0 Å². The normalized spacial score (nSPS) is 9.12. The summed E-state index contributed by atoms with van der Waals surface area (Å²) in [6.45, 7) is 0.471. The van der Waals surface area contributed by atoms with E-state index in [1.165, 1.54) is 19.2 Å². The zero-order valence-corrected chi connectivity index (χ0v) is 8.90. The molecular formula is C11H12N2O3. The summed E-state index contributed by atoms with van der Waals surface area (Å²) < 4.78 is 4.96. The number of non-ortho nitro benzene ring substituents is 1. The van der Waals surface area contributed by atoms with Crippen LogP contribution in [-0.2, 0) is 0 Å². The maximum absolute atomic E-state index is 10.6. The number of hydrogen-bond donors (Lipinski definition) is 1. The Morgan fingerprint density at radius 3 is 2.81 bits per heavy atom. The molecule has 0 atom stereocenters. The van der Waals surface area contributed by atoms with Gasteiger partial charge in [0.1, 0.15) is 5.75 Å². The van der Waals surface area contributed by atoms with Crippen molar-refractivity contribution in [3.05, 3.63) is 33.9 Å². The predicted octanol–water partition coefficient (Wildman–Crippen LogP) is 1.30. The van der Waals surface area contributed by atoms with Gasteiger partial charge in [0, 0.05) is 24.6 Å². The van der Waals surface area contributed by atoms with Crippen LogP contribution in [-0.4, -0.2) is 18.6 Å². The Bertz CT molecular complexity index is 446. The Labute approximate surface area is 93.4 Å². The van der Waals surface area contributed by atoms with Crippen LogP contribution in [0.5, 0.6) is 5.75 Å². The fourth-order valence-corrected chi connectivity index (χ4v) is 1.12. The second kappa shape index (κ2) is 5.73. The molecule has 0 aliphatic rings. The molecule has 0 heterocycles. The van der Waals surface area contributed by atoms with Gasteiger partial charge in [0.05, 0.1) is 18.1 Å². The summed E-state index contributed by atoms with van der Waals surface area (Å²) in [5.74, 6) is 6.04. The summed E-state index contributed by atoms with van der Waals surface area (Å²) in [5, 5.41) is 10.6. The van der Waals surface area contributed by atoms with Gasteiger partial charge in [-0.05, 0) is 6.07 Å². The lowest BCUT2D eigenvalue weighted by Gasteiger charge is -2.00. The van der Waals surface area contributed by atoms with Crippen molar-refractivity contribution < 1.29 is 9.66 Å². The molecule has 84 valence electrons. The molecule has 5 heteroatoms. The number of nitro benzene ring substituents is 1. The highest BCUT2D eigenvalue weighted by atomic mass is 16.6. The van der Waals surface area contributed by atoms with Gasteiger partial charge in [-0.15, -0.1) is 0 Å². The van der Waals surface area contributed by atoms with Crippen LogP contribution in [0.25, 0.3) is 0 Å². The Kier molecular flexibility index (Phi) is 4.30. The molecule has 5 nitrogen and oxygen atoms in total. The molecule has 0 aliphatic heterocycles. The van der Waals surface area contributed by atoms with Gasteiger partial charge in [-0.2, -0.15) is 0 Å². The highest BCUT2D eigenvalue weighted by molar-refractivity contribution is 5.49. The van der Waals surface area contributed by atoms with Crippen LogP contribution < -0.4 is 10.5 Å². The summed E-state index contributed by atoms with van der Waals surface area (Å²) in [4.78, 5) is 10.2. The molecule has 0 fully saturated rings.